The van der Waals surface area contributed by atoms with Crippen molar-refractivity contribution in [1.82, 2.24) is 19.8 Å². The standard InChI is InChI=1S/C40H45N7O3/c1-44-20-7-12-32(44)27-49-39-42-35-25-45(36-14-6-11-30-10-5-13-33(37(30)36)29-15-16-29)21-18-34(35)38(43-39)46-22-23-47(31(24-46)17-19-41)40(48)50-26-28-8-3-2-4-9-28/h2-6,8-11,13-14,29,31-32H,7,12,15-18,20-27H2,1H3. The first kappa shape index (κ1) is 32.3. The van der Waals surface area contributed by atoms with E-state index in [0.29, 0.717) is 50.8 Å². The smallest absolute Gasteiger partial charge is 0.410 e. The maximum Gasteiger partial charge on any atom is 0.410 e. The number of aromatic nitrogens is 2. The van der Waals surface area contributed by atoms with Crippen LogP contribution >= 0.6 is 0 Å². The molecule has 10 nitrogen and oxygen atoms in total. The van der Waals surface area contributed by atoms with E-state index in [4.69, 9.17) is 19.4 Å². The third kappa shape index (κ3) is 6.67. The van der Waals surface area contributed by atoms with E-state index >= 15 is 0 Å². The fraction of sp³-hybridized carbons (Fsp3) is 0.450. The van der Waals surface area contributed by atoms with Gasteiger partial charge in [0.05, 0.1) is 30.8 Å². The SMILES string of the molecule is CN1CCCC1COc1nc2c(c(N3CCN(C(=O)OCc4ccccc4)C(CC#N)C3)n1)CCN(c1cccc3cccc(C4CC4)c13)C2. The Hall–Kier alpha value is -4.88. The molecule has 0 N–H and O–H groups in total. The predicted octanol–water partition coefficient (Wildman–Crippen LogP) is 6.28. The number of piperazine rings is 1. The summed E-state index contributed by atoms with van der Waals surface area (Å²) < 4.78 is 12.1. The highest BCUT2D eigenvalue weighted by Gasteiger charge is 2.35. The molecule has 10 heteroatoms. The molecule has 0 radical (unpaired) electrons. The Morgan fingerprint density at radius 1 is 0.920 bits per heavy atom. The molecule has 1 amide bonds. The van der Waals surface area contributed by atoms with Gasteiger partial charge in [-0.2, -0.15) is 15.2 Å². The second-order valence-electron chi connectivity index (χ2n) is 14.2. The van der Waals surface area contributed by atoms with Gasteiger partial charge >= 0.3 is 12.1 Å². The van der Waals surface area contributed by atoms with Crippen LogP contribution in [0.5, 0.6) is 6.01 Å². The minimum atomic E-state index is -0.389. The van der Waals surface area contributed by atoms with Gasteiger partial charge in [-0.05, 0) is 74.2 Å². The number of fused-ring (bicyclic) bond motifs is 2. The number of amides is 1. The zero-order valence-electron chi connectivity index (χ0n) is 28.8. The van der Waals surface area contributed by atoms with Crippen LogP contribution in [0.1, 0.15) is 60.4 Å². The maximum absolute atomic E-state index is 13.3. The summed E-state index contributed by atoms with van der Waals surface area (Å²) >= 11 is 0. The minimum absolute atomic E-state index is 0.199. The molecule has 1 saturated carbocycles. The number of ether oxygens (including phenoxy) is 2. The molecule has 1 aromatic heterocycles. The van der Waals surface area contributed by atoms with Gasteiger partial charge in [-0.15, -0.1) is 0 Å². The molecule has 258 valence electrons. The van der Waals surface area contributed by atoms with E-state index < -0.39 is 0 Å². The molecule has 0 bridgehead atoms. The molecule has 4 heterocycles. The number of likely N-dealkylation sites (tertiary alicyclic amines) is 1. The molecule has 3 aliphatic heterocycles. The molecule has 8 rings (SSSR count). The molecule has 3 aromatic carbocycles. The lowest BCUT2D eigenvalue weighted by atomic mass is 9.97. The van der Waals surface area contributed by atoms with Crippen LogP contribution in [0.3, 0.4) is 0 Å². The lowest BCUT2D eigenvalue weighted by molar-refractivity contribution is 0.0767. The molecule has 0 spiro atoms. The highest BCUT2D eigenvalue weighted by Crippen LogP contribution is 2.46. The first-order valence-electron chi connectivity index (χ1n) is 18.1. The summed E-state index contributed by atoms with van der Waals surface area (Å²) in [5.74, 6) is 1.51. The predicted molar refractivity (Wildman–Crippen MR) is 193 cm³/mol. The second kappa shape index (κ2) is 14.2. The van der Waals surface area contributed by atoms with E-state index in [0.717, 1.165) is 48.6 Å². The van der Waals surface area contributed by atoms with Crippen molar-refractivity contribution in [2.45, 2.75) is 69.7 Å². The fourth-order valence-corrected chi connectivity index (χ4v) is 8.00. The van der Waals surface area contributed by atoms with Gasteiger partial charge in [0, 0.05) is 48.9 Å². The molecular weight excluding hydrogens is 626 g/mol. The number of benzene rings is 3. The number of nitriles is 1. The van der Waals surface area contributed by atoms with Gasteiger partial charge < -0.3 is 29.1 Å². The molecule has 2 unspecified atom stereocenters. The van der Waals surface area contributed by atoms with Crippen molar-refractivity contribution < 1.29 is 14.3 Å². The molecular formula is C40H45N7O3. The first-order valence-corrected chi connectivity index (χ1v) is 18.1. The van der Waals surface area contributed by atoms with Crippen LogP contribution in [0.4, 0.5) is 16.3 Å². The van der Waals surface area contributed by atoms with Crippen molar-refractivity contribution in [2.24, 2.45) is 0 Å². The van der Waals surface area contributed by atoms with Crippen molar-refractivity contribution in [3.05, 3.63) is 89.1 Å². The van der Waals surface area contributed by atoms with Gasteiger partial charge in [0.15, 0.2) is 0 Å². The van der Waals surface area contributed by atoms with Gasteiger partial charge in [0.2, 0.25) is 0 Å². The van der Waals surface area contributed by atoms with Crippen LogP contribution in [0, 0.1) is 11.3 Å². The van der Waals surface area contributed by atoms with Gasteiger partial charge in [-0.3, -0.25) is 0 Å². The van der Waals surface area contributed by atoms with Crippen LogP contribution in [0.15, 0.2) is 66.7 Å². The summed E-state index contributed by atoms with van der Waals surface area (Å²) in [4.78, 5) is 32.2. The highest BCUT2D eigenvalue weighted by atomic mass is 16.6. The Bertz CT molecular complexity index is 1890. The zero-order chi connectivity index (χ0) is 34.0. The third-order valence-corrected chi connectivity index (χ3v) is 10.9. The monoisotopic (exact) mass is 671 g/mol. The summed E-state index contributed by atoms with van der Waals surface area (Å²) in [6, 6.07) is 25.8. The van der Waals surface area contributed by atoms with Crippen molar-refractivity contribution >= 4 is 28.4 Å². The topological polar surface area (TPSA) is 98.1 Å². The summed E-state index contributed by atoms with van der Waals surface area (Å²) in [7, 11) is 2.15. The van der Waals surface area contributed by atoms with Crippen LogP contribution < -0.4 is 14.5 Å². The molecule has 2 atom stereocenters. The minimum Gasteiger partial charge on any atom is -0.462 e. The number of nitrogens with zero attached hydrogens (tertiary/aromatic N) is 7. The number of carbonyl (C=O) groups excluding carboxylic acids is 1. The molecule has 1 aliphatic carbocycles. The van der Waals surface area contributed by atoms with Gasteiger partial charge in [-0.25, -0.2) is 4.79 Å². The highest BCUT2D eigenvalue weighted by molar-refractivity contribution is 5.97. The summed E-state index contributed by atoms with van der Waals surface area (Å²) in [6.45, 7) is 4.83. The van der Waals surface area contributed by atoms with Crippen LogP contribution in [0.25, 0.3) is 10.8 Å². The number of anilines is 2. The van der Waals surface area contributed by atoms with E-state index in [2.05, 4.69) is 64.2 Å². The lowest BCUT2D eigenvalue weighted by Crippen LogP contribution is -2.55. The Balaban J connectivity index is 1.07. The fourth-order valence-electron chi connectivity index (χ4n) is 8.00. The van der Waals surface area contributed by atoms with Crippen molar-refractivity contribution in [3.8, 4) is 12.1 Å². The van der Waals surface area contributed by atoms with Crippen LogP contribution in [-0.4, -0.2) is 84.3 Å². The van der Waals surface area contributed by atoms with Gasteiger partial charge in [-0.1, -0.05) is 60.7 Å². The maximum atomic E-state index is 13.3. The number of likely N-dealkylation sites (N-methyl/N-ethyl adjacent to an activating group) is 1. The molecule has 4 aliphatic rings. The van der Waals surface area contributed by atoms with E-state index in [1.54, 1.807) is 4.90 Å². The van der Waals surface area contributed by atoms with Crippen molar-refractivity contribution in [1.29, 1.82) is 5.26 Å². The molecule has 50 heavy (non-hydrogen) atoms. The number of carbonyl (C=O) groups is 1. The number of rotatable bonds is 9. The van der Waals surface area contributed by atoms with Crippen LogP contribution in [-0.2, 0) is 24.3 Å². The third-order valence-electron chi connectivity index (χ3n) is 10.9. The van der Waals surface area contributed by atoms with Gasteiger partial charge in [0.1, 0.15) is 19.0 Å². The summed E-state index contributed by atoms with van der Waals surface area (Å²) in [6.07, 6.45) is 5.40. The van der Waals surface area contributed by atoms with E-state index in [9.17, 15) is 10.1 Å². The summed E-state index contributed by atoms with van der Waals surface area (Å²) in [5.41, 5.74) is 5.77. The quantitative estimate of drug-likeness (QED) is 0.204. The number of hydrogen-bond acceptors (Lipinski definition) is 9. The molecule has 3 fully saturated rings. The van der Waals surface area contributed by atoms with Crippen molar-refractivity contribution in [2.75, 3.05) is 56.2 Å². The van der Waals surface area contributed by atoms with Crippen molar-refractivity contribution in [3.63, 3.8) is 0 Å². The molecule has 4 aromatic rings. The largest absolute Gasteiger partial charge is 0.462 e. The zero-order valence-corrected chi connectivity index (χ0v) is 28.8. The average molecular weight is 672 g/mol. The Morgan fingerprint density at radius 3 is 2.54 bits per heavy atom. The Kier molecular flexibility index (Phi) is 9.15. The van der Waals surface area contributed by atoms with Crippen LogP contribution in [0.2, 0.25) is 0 Å². The number of hydrogen-bond donors (Lipinski definition) is 0. The Morgan fingerprint density at radius 2 is 1.76 bits per heavy atom. The molecule has 2 saturated heterocycles. The Labute approximate surface area is 294 Å². The average Bonchev–Trinajstić information content (AvgIpc) is 3.92. The summed E-state index contributed by atoms with van der Waals surface area (Å²) in [5, 5.41) is 12.4. The second-order valence-corrected chi connectivity index (χ2v) is 14.2. The lowest BCUT2D eigenvalue weighted by Gasteiger charge is -2.42. The van der Waals surface area contributed by atoms with E-state index in [1.165, 1.54) is 41.3 Å². The van der Waals surface area contributed by atoms with E-state index in [1.807, 2.05) is 30.3 Å². The van der Waals surface area contributed by atoms with E-state index in [-0.39, 0.29) is 25.2 Å². The normalized spacial score (nSPS) is 20.8. The first-order chi connectivity index (χ1) is 24.6. The van der Waals surface area contributed by atoms with Gasteiger partial charge in [0.25, 0.3) is 0 Å².